The minimum Gasteiger partial charge on any atom is -0.389 e. The maximum absolute atomic E-state index is 10.3. The van der Waals surface area contributed by atoms with E-state index < -0.39 is 5.60 Å². The van der Waals surface area contributed by atoms with Crippen LogP contribution in [0.3, 0.4) is 0 Å². The molecule has 2 atom stereocenters. The summed E-state index contributed by atoms with van der Waals surface area (Å²) >= 11 is 0. The van der Waals surface area contributed by atoms with Crippen molar-refractivity contribution in [2.24, 2.45) is 5.92 Å². The Bertz CT molecular complexity index is 187. The molecule has 0 aromatic heterocycles. The Morgan fingerprint density at radius 2 is 2.06 bits per heavy atom. The van der Waals surface area contributed by atoms with Gasteiger partial charge in [0.25, 0.3) is 0 Å². The van der Waals surface area contributed by atoms with Crippen LogP contribution in [0.1, 0.15) is 65.7 Å². The fourth-order valence-electron chi connectivity index (χ4n) is 2.29. The zero-order valence-corrected chi connectivity index (χ0v) is 11.3. The van der Waals surface area contributed by atoms with Gasteiger partial charge in [-0.3, -0.25) is 0 Å². The van der Waals surface area contributed by atoms with Gasteiger partial charge in [-0.2, -0.15) is 0 Å². The highest BCUT2D eigenvalue weighted by molar-refractivity contribution is 4.86. The Morgan fingerprint density at radius 3 is 2.56 bits per heavy atom. The van der Waals surface area contributed by atoms with E-state index in [1.807, 2.05) is 6.92 Å². The van der Waals surface area contributed by atoms with Crippen LogP contribution in [0.4, 0.5) is 0 Å². The summed E-state index contributed by atoms with van der Waals surface area (Å²) in [6.07, 6.45) is 8.56. The first-order valence-corrected chi connectivity index (χ1v) is 7.03. The number of hydrogen-bond acceptors (Lipinski definition) is 2. The number of unbranched alkanes of at least 4 members (excludes halogenated alkanes) is 1. The molecule has 2 unspecified atom stereocenters. The first-order chi connectivity index (χ1) is 7.57. The van der Waals surface area contributed by atoms with Crippen molar-refractivity contribution in [1.29, 1.82) is 0 Å². The molecule has 0 spiro atoms. The Labute approximate surface area is 101 Å². The Kier molecular flexibility index (Phi) is 5.77. The highest BCUT2D eigenvalue weighted by Crippen LogP contribution is 2.25. The standard InChI is InChI=1S/C14H29NO/c1-4-6-7-12(5-2)10-14(3,16)11-15-13-8-9-13/h12-13,15-16H,4-11H2,1-3H3. The summed E-state index contributed by atoms with van der Waals surface area (Å²) in [5.41, 5.74) is -0.517. The van der Waals surface area contributed by atoms with Crippen molar-refractivity contribution < 1.29 is 5.11 Å². The maximum Gasteiger partial charge on any atom is 0.0746 e. The molecular weight excluding hydrogens is 198 g/mol. The third kappa shape index (κ3) is 5.86. The average Bonchev–Trinajstić information content (AvgIpc) is 3.05. The molecule has 1 aliphatic carbocycles. The maximum atomic E-state index is 10.3. The van der Waals surface area contributed by atoms with Crippen LogP contribution in [0.5, 0.6) is 0 Å². The van der Waals surface area contributed by atoms with Crippen molar-refractivity contribution >= 4 is 0 Å². The molecule has 1 rings (SSSR count). The van der Waals surface area contributed by atoms with Crippen LogP contribution in [0, 0.1) is 5.92 Å². The van der Waals surface area contributed by atoms with Crippen LogP contribution < -0.4 is 5.32 Å². The molecule has 96 valence electrons. The molecule has 0 aromatic rings. The lowest BCUT2D eigenvalue weighted by molar-refractivity contribution is 0.0312. The van der Waals surface area contributed by atoms with E-state index in [2.05, 4.69) is 19.2 Å². The second kappa shape index (κ2) is 6.61. The summed E-state index contributed by atoms with van der Waals surface area (Å²) in [5.74, 6) is 0.691. The van der Waals surface area contributed by atoms with Gasteiger partial charge in [0, 0.05) is 12.6 Å². The molecule has 2 N–H and O–H groups in total. The summed E-state index contributed by atoms with van der Waals surface area (Å²) in [6.45, 7) is 7.22. The molecule has 0 saturated heterocycles. The lowest BCUT2D eigenvalue weighted by Crippen LogP contribution is -2.40. The first-order valence-electron chi connectivity index (χ1n) is 7.03. The minimum absolute atomic E-state index is 0.517. The second-order valence-corrected chi connectivity index (χ2v) is 5.77. The van der Waals surface area contributed by atoms with Gasteiger partial charge in [-0.25, -0.2) is 0 Å². The largest absolute Gasteiger partial charge is 0.389 e. The topological polar surface area (TPSA) is 32.3 Å². The molecule has 0 bridgehead atoms. The lowest BCUT2D eigenvalue weighted by atomic mass is 9.87. The van der Waals surface area contributed by atoms with E-state index in [0.717, 1.165) is 13.0 Å². The van der Waals surface area contributed by atoms with E-state index >= 15 is 0 Å². The molecule has 1 aliphatic rings. The van der Waals surface area contributed by atoms with Crippen LogP contribution in [0.25, 0.3) is 0 Å². The van der Waals surface area contributed by atoms with Gasteiger partial charge < -0.3 is 10.4 Å². The summed E-state index contributed by atoms with van der Waals surface area (Å²) in [6, 6.07) is 0.696. The molecule has 1 fully saturated rings. The molecular formula is C14H29NO. The monoisotopic (exact) mass is 227 g/mol. The molecule has 0 aromatic carbocycles. The fraction of sp³-hybridized carbons (Fsp3) is 1.00. The predicted molar refractivity (Wildman–Crippen MR) is 69.6 cm³/mol. The Balaban J connectivity index is 2.22. The first kappa shape index (κ1) is 14.0. The molecule has 2 nitrogen and oxygen atoms in total. The van der Waals surface area contributed by atoms with Gasteiger partial charge in [0.15, 0.2) is 0 Å². The Morgan fingerprint density at radius 1 is 1.38 bits per heavy atom. The van der Waals surface area contributed by atoms with Gasteiger partial charge in [-0.15, -0.1) is 0 Å². The average molecular weight is 227 g/mol. The van der Waals surface area contributed by atoms with Crippen molar-refractivity contribution in [2.45, 2.75) is 77.4 Å². The van der Waals surface area contributed by atoms with Crippen molar-refractivity contribution in [1.82, 2.24) is 5.32 Å². The van der Waals surface area contributed by atoms with Crippen LogP contribution in [-0.4, -0.2) is 23.3 Å². The molecule has 0 radical (unpaired) electrons. The third-order valence-electron chi connectivity index (χ3n) is 3.62. The number of rotatable bonds is 9. The van der Waals surface area contributed by atoms with Crippen LogP contribution in [-0.2, 0) is 0 Å². The smallest absolute Gasteiger partial charge is 0.0746 e. The minimum atomic E-state index is -0.517. The molecule has 0 amide bonds. The van der Waals surface area contributed by atoms with Crippen molar-refractivity contribution in [2.75, 3.05) is 6.54 Å². The van der Waals surface area contributed by atoms with Crippen molar-refractivity contribution in [3.63, 3.8) is 0 Å². The van der Waals surface area contributed by atoms with E-state index in [4.69, 9.17) is 0 Å². The molecule has 16 heavy (non-hydrogen) atoms. The van der Waals surface area contributed by atoms with E-state index in [-0.39, 0.29) is 0 Å². The summed E-state index contributed by atoms with van der Waals surface area (Å²) in [7, 11) is 0. The van der Waals surface area contributed by atoms with Gasteiger partial charge in [-0.05, 0) is 32.1 Å². The fourth-order valence-corrected chi connectivity index (χ4v) is 2.29. The zero-order valence-electron chi connectivity index (χ0n) is 11.3. The Hall–Kier alpha value is -0.0800. The highest BCUT2D eigenvalue weighted by Gasteiger charge is 2.28. The van der Waals surface area contributed by atoms with E-state index in [1.165, 1.54) is 38.5 Å². The summed E-state index contributed by atoms with van der Waals surface area (Å²) in [4.78, 5) is 0. The highest BCUT2D eigenvalue weighted by atomic mass is 16.3. The predicted octanol–water partition coefficient (Wildman–Crippen LogP) is 3.10. The molecule has 0 aliphatic heterocycles. The lowest BCUT2D eigenvalue weighted by Gasteiger charge is -2.28. The molecule has 1 saturated carbocycles. The SMILES string of the molecule is CCCCC(CC)CC(C)(O)CNC1CC1. The van der Waals surface area contributed by atoms with Crippen molar-refractivity contribution in [3.05, 3.63) is 0 Å². The summed E-state index contributed by atoms with van der Waals surface area (Å²) in [5, 5.41) is 13.8. The van der Waals surface area contributed by atoms with Crippen LogP contribution >= 0.6 is 0 Å². The third-order valence-corrected chi connectivity index (χ3v) is 3.62. The van der Waals surface area contributed by atoms with E-state index in [1.54, 1.807) is 0 Å². The van der Waals surface area contributed by atoms with Gasteiger partial charge in [-0.1, -0.05) is 39.5 Å². The van der Waals surface area contributed by atoms with Crippen LogP contribution in [0.15, 0.2) is 0 Å². The van der Waals surface area contributed by atoms with Gasteiger partial charge in [0.2, 0.25) is 0 Å². The molecule has 0 heterocycles. The quantitative estimate of drug-likeness (QED) is 0.634. The van der Waals surface area contributed by atoms with E-state index in [0.29, 0.717) is 12.0 Å². The number of hydrogen-bond donors (Lipinski definition) is 2. The normalized spacial score (nSPS) is 21.8. The second-order valence-electron chi connectivity index (χ2n) is 5.77. The van der Waals surface area contributed by atoms with E-state index in [9.17, 15) is 5.11 Å². The molecule has 2 heteroatoms. The van der Waals surface area contributed by atoms with Gasteiger partial charge in [0.1, 0.15) is 0 Å². The van der Waals surface area contributed by atoms with Gasteiger partial charge >= 0.3 is 0 Å². The van der Waals surface area contributed by atoms with Crippen molar-refractivity contribution in [3.8, 4) is 0 Å². The number of aliphatic hydroxyl groups is 1. The van der Waals surface area contributed by atoms with Gasteiger partial charge in [0.05, 0.1) is 5.60 Å². The summed E-state index contributed by atoms with van der Waals surface area (Å²) < 4.78 is 0. The van der Waals surface area contributed by atoms with Crippen LogP contribution in [0.2, 0.25) is 0 Å². The number of nitrogens with one attached hydrogen (secondary N) is 1. The zero-order chi connectivity index (χ0) is 12.0.